The van der Waals surface area contributed by atoms with Gasteiger partial charge in [-0.15, -0.1) is 0 Å². The second-order valence-electron chi connectivity index (χ2n) is 4.84. The van der Waals surface area contributed by atoms with E-state index < -0.39 is 0 Å². The van der Waals surface area contributed by atoms with Gasteiger partial charge in [-0.1, -0.05) is 48.6 Å². The van der Waals surface area contributed by atoms with Gasteiger partial charge in [0.05, 0.1) is 12.2 Å². The van der Waals surface area contributed by atoms with Gasteiger partial charge in [0.25, 0.3) is 0 Å². The molecule has 2 rings (SSSR count). The highest BCUT2D eigenvalue weighted by Gasteiger charge is 2.15. The van der Waals surface area contributed by atoms with E-state index in [1.165, 1.54) is 0 Å². The molecule has 0 heterocycles. The topological polar surface area (TPSA) is 26.3 Å². The summed E-state index contributed by atoms with van der Waals surface area (Å²) < 4.78 is 5.17. The summed E-state index contributed by atoms with van der Waals surface area (Å²) in [5, 5.41) is 0. The highest BCUT2D eigenvalue weighted by Crippen LogP contribution is 2.27. The van der Waals surface area contributed by atoms with Gasteiger partial charge in [0, 0.05) is 0 Å². The minimum Gasteiger partial charge on any atom is -0.462 e. The minimum atomic E-state index is -0.261. The summed E-state index contributed by atoms with van der Waals surface area (Å²) in [4.78, 5) is 12.2. The molecule has 0 aliphatic rings. The third-order valence-corrected chi connectivity index (χ3v) is 3.30. The maximum absolute atomic E-state index is 12.2. The lowest BCUT2D eigenvalue weighted by atomic mass is 9.94. The summed E-state index contributed by atoms with van der Waals surface area (Å²) in [7, 11) is 0. The summed E-state index contributed by atoms with van der Waals surface area (Å²) in [6.45, 7) is 6.10. The van der Waals surface area contributed by atoms with E-state index in [9.17, 15) is 4.79 Å². The first-order valence-corrected chi connectivity index (χ1v) is 7.17. The number of esters is 1. The van der Waals surface area contributed by atoms with Crippen molar-refractivity contribution in [2.75, 3.05) is 6.61 Å². The Balaban J connectivity index is 2.57. The summed E-state index contributed by atoms with van der Waals surface area (Å²) in [6.07, 6.45) is 3.89. The van der Waals surface area contributed by atoms with Crippen LogP contribution in [-0.2, 0) is 4.74 Å². The Labute approximate surface area is 126 Å². The molecule has 0 unspecified atom stereocenters. The van der Waals surface area contributed by atoms with Crippen LogP contribution < -0.4 is 0 Å². The lowest BCUT2D eigenvalue weighted by molar-refractivity contribution is 0.0525. The van der Waals surface area contributed by atoms with Crippen LogP contribution in [0.5, 0.6) is 0 Å². The number of aryl methyl sites for hydroxylation is 1. The van der Waals surface area contributed by atoms with Crippen LogP contribution in [0.25, 0.3) is 17.2 Å². The van der Waals surface area contributed by atoms with Crippen molar-refractivity contribution in [3.8, 4) is 11.1 Å². The van der Waals surface area contributed by atoms with Crippen LogP contribution in [0, 0.1) is 6.92 Å². The summed E-state index contributed by atoms with van der Waals surface area (Å²) in [6, 6.07) is 14.2. The largest absolute Gasteiger partial charge is 0.462 e. The molecule has 0 aliphatic carbocycles. The third kappa shape index (κ3) is 3.40. The van der Waals surface area contributed by atoms with E-state index in [2.05, 4.69) is 12.1 Å². The Hall–Kier alpha value is -2.35. The Morgan fingerprint density at radius 2 is 1.86 bits per heavy atom. The molecule has 2 aromatic rings. The van der Waals surface area contributed by atoms with Crippen molar-refractivity contribution in [2.45, 2.75) is 20.8 Å². The van der Waals surface area contributed by atoms with Crippen LogP contribution in [0.2, 0.25) is 0 Å². The predicted octanol–water partition coefficient (Wildman–Crippen LogP) is 4.87. The van der Waals surface area contributed by atoms with Crippen molar-refractivity contribution in [2.24, 2.45) is 0 Å². The third-order valence-electron chi connectivity index (χ3n) is 3.30. The standard InChI is InChI=1S/C19H20O2/c1-4-9-16-13-17(15-10-7-6-8-11-15)12-14(3)18(16)19(20)21-5-2/h4,6-13H,5H2,1-3H3/b9-4+. The molecule has 0 radical (unpaired) electrons. The van der Waals surface area contributed by atoms with E-state index in [4.69, 9.17) is 4.74 Å². The summed E-state index contributed by atoms with van der Waals surface area (Å²) in [5.74, 6) is -0.261. The number of carbonyl (C=O) groups excluding carboxylic acids is 1. The van der Waals surface area contributed by atoms with Crippen LogP contribution in [0.4, 0.5) is 0 Å². The lowest BCUT2D eigenvalue weighted by Gasteiger charge is -2.12. The molecule has 2 aromatic carbocycles. The van der Waals surface area contributed by atoms with Crippen LogP contribution in [-0.4, -0.2) is 12.6 Å². The van der Waals surface area contributed by atoms with E-state index in [0.29, 0.717) is 12.2 Å². The molecule has 0 atom stereocenters. The first-order valence-electron chi connectivity index (χ1n) is 7.17. The van der Waals surface area contributed by atoms with Gasteiger partial charge in [-0.2, -0.15) is 0 Å². The average molecular weight is 280 g/mol. The molecule has 0 N–H and O–H groups in total. The maximum Gasteiger partial charge on any atom is 0.338 e. The maximum atomic E-state index is 12.2. The monoisotopic (exact) mass is 280 g/mol. The second-order valence-corrected chi connectivity index (χ2v) is 4.84. The molecule has 0 amide bonds. The van der Waals surface area contributed by atoms with Gasteiger partial charge in [-0.05, 0) is 49.1 Å². The zero-order valence-electron chi connectivity index (χ0n) is 12.7. The zero-order chi connectivity index (χ0) is 15.2. The lowest BCUT2D eigenvalue weighted by Crippen LogP contribution is -2.09. The number of hydrogen-bond acceptors (Lipinski definition) is 2. The van der Waals surface area contributed by atoms with Crippen LogP contribution >= 0.6 is 0 Å². The summed E-state index contributed by atoms with van der Waals surface area (Å²) >= 11 is 0. The van der Waals surface area contributed by atoms with Gasteiger partial charge in [-0.3, -0.25) is 0 Å². The normalized spacial score (nSPS) is 10.8. The first kappa shape index (κ1) is 15.0. The molecule has 2 nitrogen and oxygen atoms in total. The van der Waals surface area contributed by atoms with Crippen molar-refractivity contribution < 1.29 is 9.53 Å². The van der Waals surface area contributed by atoms with Gasteiger partial charge in [0.1, 0.15) is 0 Å². The molecule has 21 heavy (non-hydrogen) atoms. The fraction of sp³-hybridized carbons (Fsp3) is 0.211. The molecular weight excluding hydrogens is 260 g/mol. The molecule has 0 saturated heterocycles. The second kappa shape index (κ2) is 6.89. The quantitative estimate of drug-likeness (QED) is 0.747. The first-order chi connectivity index (χ1) is 10.2. The number of hydrogen-bond donors (Lipinski definition) is 0. The average Bonchev–Trinajstić information content (AvgIpc) is 2.48. The molecule has 0 fully saturated rings. The molecule has 0 aromatic heterocycles. The van der Waals surface area contributed by atoms with E-state index in [0.717, 1.165) is 22.3 Å². The predicted molar refractivity (Wildman–Crippen MR) is 87.3 cm³/mol. The molecule has 0 bridgehead atoms. The van der Waals surface area contributed by atoms with Crippen LogP contribution in [0.15, 0.2) is 48.5 Å². The smallest absolute Gasteiger partial charge is 0.338 e. The number of benzene rings is 2. The van der Waals surface area contributed by atoms with Gasteiger partial charge in [0.2, 0.25) is 0 Å². The fourth-order valence-electron chi connectivity index (χ4n) is 2.40. The molecular formula is C19H20O2. The SMILES string of the molecule is C/C=C/c1cc(-c2ccccc2)cc(C)c1C(=O)OCC. The van der Waals surface area contributed by atoms with Crippen molar-refractivity contribution in [1.29, 1.82) is 0 Å². The van der Waals surface area contributed by atoms with E-state index in [-0.39, 0.29) is 5.97 Å². The number of allylic oxidation sites excluding steroid dienone is 1. The van der Waals surface area contributed by atoms with Gasteiger partial charge in [-0.25, -0.2) is 4.79 Å². The zero-order valence-corrected chi connectivity index (χ0v) is 12.7. The number of carbonyl (C=O) groups is 1. The fourth-order valence-corrected chi connectivity index (χ4v) is 2.40. The van der Waals surface area contributed by atoms with E-state index >= 15 is 0 Å². The number of ether oxygens (including phenoxy) is 1. The van der Waals surface area contributed by atoms with Crippen molar-refractivity contribution >= 4 is 12.0 Å². The highest BCUT2D eigenvalue weighted by molar-refractivity contribution is 5.96. The number of rotatable bonds is 4. The highest BCUT2D eigenvalue weighted by atomic mass is 16.5. The van der Waals surface area contributed by atoms with Crippen molar-refractivity contribution in [1.82, 2.24) is 0 Å². The molecule has 0 aliphatic heterocycles. The van der Waals surface area contributed by atoms with Crippen LogP contribution in [0.1, 0.15) is 35.3 Å². The van der Waals surface area contributed by atoms with Gasteiger partial charge < -0.3 is 4.74 Å². The molecule has 108 valence electrons. The van der Waals surface area contributed by atoms with Gasteiger partial charge >= 0.3 is 5.97 Å². The minimum absolute atomic E-state index is 0.261. The van der Waals surface area contributed by atoms with Crippen molar-refractivity contribution in [3.05, 3.63) is 65.2 Å². The summed E-state index contributed by atoms with van der Waals surface area (Å²) in [5.41, 5.74) is 4.73. The van der Waals surface area contributed by atoms with E-state index in [1.807, 2.05) is 63.3 Å². The molecule has 2 heteroatoms. The molecule has 0 saturated carbocycles. The van der Waals surface area contributed by atoms with Crippen LogP contribution in [0.3, 0.4) is 0 Å². The Morgan fingerprint density at radius 3 is 2.48 bits per heavy atom. The van der Waals surface area contributed by atoms with Crippen molar-refractivity contribution in [3.63, 3.8) is 0 Å². The molecule has 0 spiro atoms. The van der Waals surface area contributed by atoms with Gasteiger partial charge in [0.15, 0.2) is 0 Å². The van der Waals surface area contributed by atoms with E-state index in [1.54, 1.807) is 0 Å². The Bertz CT molecular complexity index is 655. The Morgan fingerprint density at radius 1 is 1.14 bits per heavy atom. The Kier molecular flexibility index (Phi) is 4.94.